The van der Waals surface area contributed by atoms with Crippen molar-refractivity contribution in [3.05, 3.63) is 30.5 Å². The average Bonchev–Trinajstić information content (AvgIpc) is 3.03. The van der Waals surface area contributed by atoms with Crippen molar-refractivity contribution < 1.29 is 14.0 Å². The molecule has 2 heterocycles. The lowest BCUT2D eigenvalue weighted by atomic mass is 9.89. The number of aliphatic imine (C=N–C) groups is 1. The first-order valence-corrected chi connectivity index (χ1v) is 8.57. The summed E-state index contributed by atoms with van der Waals surface area (Å²) in [6.07, 6.45) is 2.78. The minimum Gasteiger partial charge on any atom is -0.387 e. The van der Waals surface area contributed by atoms with Crippen molar-refractivity contribution in [1.29, 1.82) is 0 Å². The number of carbonyl (C=O) groups excluding carboxylic acids is 2. The number of amides is 1. The number of halogens is 1. The van der Waals surface area contributed by atoms with E-state index in [9.17, 15) is 14.0 Å². The number of nitrogens with two attached hydrogens (primary N) is 1. The first-order chi connectivity index (χ1) is 12.1. The zero-order valence-corrected chi connectivity index (χ0v) is 15.5. The van der Waals surface area contributed by atoms with E-state index in [1.54, 1.807) is 32.9 Å². The van der Waals surface area contributed by atoms with Crippen molar-refractivity contribution in [2.75, 3.05) is 11.4 Å². The highest BCUT2D eigenvalue weighted by molar-refractivity contribution is 6.06. The van der Waals surface area contributed by atoms with Gasteiger partial charge in [0.2, 0.25) is 0 Å². The monoisotopic (exact) mass is 360 g/mol. The molecule has 2 rings (SSSR count). The number of hydrogen-bond acceptors (Lipinski definition) is 4. The van der Waals surface area contributed by atoms with E-state index >= 15 is 0 Å². The van der Waals surface area contributed by atoms with Crippen molar-refractivity contribution in [1.82, 2.24) is 4.98 Å². The van der Waals surface area contributed by atoms with Crippen LogP contribution in [-0.2, 0) is 9.59 Å². The standard InChI is InChI=1S/C19H25FN4O2/c1-12(20)13-7-8-17(22-11-13)24-9-5-6-14(24)18(26)23-16(21)10-15(25)19(2,3)4/h7-8,11,14H,1,5-6,9-10H2,2-4H3,(H2,21,23,26). The second kappa shape index (κ2) is 7.76. The van der Waals surface area contributed by atoms with Crippen LogP contribution in [0.2, 0.25) is 0 Å². The van der Waals surface area contributed by atoms with Crippen LogP contribution >= 0.6 is 0 Å². The predicted molar refractivity (Wildman–Crippen MR) is 100 cm³/mol. The maximum absolute atomic E-state index is 13.1. The predicted octanol–water partition coefficient (Wildman–Crippen LogP) is 2.88. The maximum Gasteiger partial charge on any atom is 0.270 e. The SMILES string of the molecule is C=C(F)c1ccc(N2CCCC2C(=O)N=C(N)CC(=O)C(C)(C)C)nc1. The molecule has 2 N–H and O–H groups in total. The van der Waals surface area contributed by atoms with Gasteiger partial charge in [0.05, 0.1) is 6.42 Å². The third kappa shape index (κ3) is 4.74. The third-order valence-electron chi connectivity index (χ3n) is 4.33. The number of carbonyl (C=O) groups is 2. The van der Waals surface area contributed by atoms with Gasteiger partial charge in [0, 0.05) is 23.7 Å². The molecule has 0 saturated carbocycles. The van der Waals surface area contributed by atoms with Crippen molar-refractivity contribution in [3.8, 4) is 0 Å². The smallest absolute Gasteiger partial charge is 0.270 e. The molecule has 0 aromatic carbocycles. The molecule has 0 radical (unpaired) electrons. The molecule has 0 aliphatic carbocycles. The molecular weight excluding hydrogens is 335 g/mol. The first-order valence-electron chi connectivity index (χ1n) is 8.57. The Balaban J connectivity index is 2.11. The Hall–Kier alpha value is -2.57. The highest BCUT2D eigenvalue weighted by Crippen LogP contribution is 2.26. The molecule has 7 heteroatoms. The lowest BCUT2D eigenvalue weighted by molar-refractivity contribution is -0.125. The van der Waals surface area contributed by atoms with Gasteiger partial charge in [-0.05, 0) is 25.0 Å². The Morgan fingerprint density at radius 2 is 2.12 bits per heavy atom. The minimum atomic E-state index is -0.556. The van der Waals surface area contributed by atoms with Crippen LogP contribution < -0.4 is 10.6 Å². The Morgan fingerprint density at radius 1 is 1.42 bits per heavy atom. The van der Waals surface area contributed by atoms with Crippen LogP contribution in [0.25, 0.3) is 5.83 Å². The first kappa shape index (κ1) is 19.8. The molecule has 1 aliphatic heterocycles. The van der Waals surface area contributed by atoms with E-state index < -0.39 is 17.3 Å². The number of Topliss-reactive ketones (excluding diaryl/α,β-unsaturated/α-hetero) is 1. The Morgan fingerprint density at radius 3 is 2.65 bits per heavy atom. The fourth-order valence-corrected chi connectivity index (χ4v) is 2.70. The molecule has 1 saturated heterocycles. The lowest BCUT2D eigenvalue weighted by Gasteiger charge is -2.23. The topological polar surface area (TPSA) is 88.6 Å². The Labute approximate surface area is 153 Å². The molecule has 0 bridgehead atoms. The summed E-state index contributed by atoms with van der Waals surface area (Å²) in [6, 6.07) is 2.75. The number of hydrogen-bond donors (Lipinski definition) is 1. The third-order valence-corrected chi connectivity index (χ3v) is 4.33. The van der Waals surface area contributed by atoms with E-state index in [0.29, 0.717) is 24.3 Å². The Kier molecular flexibility index (Phi) is 5.90. The van der Waals surface area contributed by atoms with E-state index in [4.69, 9.17) is 5.73 Å². The van der Waals surface area contributed by atoms with E-state index in [1.807, 2.05) is 4.90 Å². The molecule has 6 nitrogen and oxygen atoms in total. The van der Waals surface area contributed by atoms with E-state index in [1.165, 1.54) is 6.20 Å². The van der Waals surface area contributed by atoms with Gasteiger partial charge < -0.3 is 10.6 Å². The summed E-state index contributed by atoms with van der Waals surface area (Å²) < 4.78 is 13.1. The van der Waals surface area contributed by atoms with Gasteiger partial charge in [0.25, 0.3) is 5.91 Å². The second-order valence-electron chi connectivity index (χ2n) is 7.45. The highest BCUT2D eigenvalue weighted by atomic mass is 19.1. The van der Waals surface area contributed by atoms with Gasteiger partial charge in [-0.15, -0.1) is 0 Å². The second-order valence-corrected chi connectivity index (χ2v) is 7.45. The Bertz CT molecular complexity index is 735. The molecule has 1 atom stereocenters. The summed E-state index contributed by atoms with van der Waals surface area (Å²) in [7, 11) is 0. The number of ketones is 1. The van der Waals surface area contributed by atoms with Gasteiger partial charge in [-0.1, -0.05) is 27.4 Å². The van der Waals surface area contributed by atoms with Gasteiger partial charge in [0.1, 0.15) is 29.3 Å². The van der Waals surface area contributed by atoms with Crippen molar-refractivity contribution in [3.63, 3.8) is 0 Å². The number of amidine groups is 1. The summed E-state index contributed by atoms with van der Waals surface area (Å²) in [6.45, 7) is 9.27. The summed E-state index contributed by atoms with van der Waals surface area (Å²) in [5, 5.41) is 0. The van der Waals surface area contributed by atoms with E-state index in [2.05, 4.69) is 16.6 Å². The van der Waals surface area contributed by atoms with Crippen molar-refractivity contribution in [2.45, 2.75) is 46.1 Å². The van der Waals surface area contributed by atoms with Crippen molar-refractivity contribution >= 4 is 29.2 Å². The van der Waals surface area contributed by atoms with Crippen LogP contribution in [0.15, 0.2) is 29.9 Å². The molecule has 1 aromatic rings. The number of aromatic nitrogens is 1. The maximum atomic E-state index is 13.1. The van der Waals surface area contributed by atoms with Gasteiger partial charge in [0.15, 0.2) is 0 Å². The lowest BCUT2D eigenvalue weighted by Crippen LogP contribution is -2.37. The normalized spacial score (nSPS) is 18.1. The molecule has 1 amide bonds. The average molecular weight is 360 g/mol. The van der Waals surface area contributed by atoms with Gasteiger partial charge in [-0.3, -0.25) is 9.59 Å². The molecule has 26 heavy (non-hydrogen) atoms. The fourth-order valence-electron chi connectivity index (χ4n) is 2.70. The van der Waals surface area contributed by atoms with Crippen molar-refractivity contribution in [2.24, 2.45) is 16.1 Å². The van der Waals surface area contributed by atoms with E-state index in [0.717, 1.165) is 6.42 Å². The van der Waals surface area contributed by atoms with Crippen LogP contribution in [0.4, 0.5) is 10.2 Å². The molecule has 140 valence electrons. The van der Waals surface area contributed by atoms with Crippen LogP contribution in [0.5, 0.6) is 0 Å². The van der Waals surface area contributed by atoms with Crippen LogP contribution in [0.1, 0.15) is 45.6 Å². The number of nitrogens with zero attached hydrogens (tertiary/aromatic N) is 3. The minimum absolute atomic E-state index is 0.0267. The zero-order valence-electron chi connectivity index (χ0n) is 15.5. The molecule has 1 unspecified atom stereocenters. The van der Waals surface area contributed by atoms with Gasteiger partial charge in [-0.2, -0.15) is 4.99 Å². The van der Waals surface area contributed by atoms with Crippen LogP contribution in [-0.4, -0.2) is 35.1 Å². The van der Waals surface area contributed by atoms with Gasteiger partial charge >= 0.3 is 0 Å². The summed E-state index contributed by atoms with van der Waals surface area (Å²) in [5.41, 5.74) is 5.57. The molecule has 1 aliphatic rings. The highest BCUT2D eigenvalue weighted by Gasteiger charge is 2.32. The van der Waals surface area contributed by atoms with Gasteiger partial charge in [-0.25, -0.2) is 9.37 Å². The summed E-state index contributed by atoms with van der Waals surface area (Å²) >= 11 is 0. The van der Waals surface area contributed by atoms with Crippen LogP contribution in [0.3, 0.4) is 0 Å². The summed E-state index contributed by atoms with van der Waals surface area (Å²) in [5.74, 6) is -0.413. The number of rotatable bonds is 5. The number of anilines is 1. The molecular formula is C19H25FN4O2. The van der Waals surface area contributed by atoms with Crippen LogP contribution in [0, 0.1) is 5.41 Å². The fraction of sp³-hybridized carbons (Fsp3) is 0.474. The summed E-state index contributed by atoms with van der Waals surface area (Å²) in [4.78, 5) is 34.5. The number of pyridine rings is 1. The quantitative estimate of drug-likeness (QED) is 0.644. The molecule has 1 aromatic heterocycles. The molecule has 1 fully saturated rings. The zero-order chi connectivity index (χ0) is 19.5. The molecule has 0 spiro atoms. The largest absolute Gasteiger partial charge is 0.387 e. The van der Waals surface area contributed by atoms with E-state index in [-0.39, 0.29) is 23.9 Å².